The van der Waals surface area contributed by atoms with E-state index in [0.29, 0.717) is 13.2 Å². The van der Waals surface area contributed by atoms with E-state index in [1.807, 2.05) is 6.07 Å². The van der Waals surface area contributed by atoms with Crippen LogP contribution in [0.1, 0.15) is 26.2 Å². The molecule has 0 aromatic carbocycles. The smallest absolute Gasteiger partial charge is 0.315 e. The van der Waals surface area contributed by atoms with Gasteiger partial charge in [0.2, 0.25) is 0 Å². The Kier molecular flexibility index (Phi) is 9.88. The fourth-order valence-electron chi connectivity index (χ4n) is 0.907. The molecule has 0 aromatic rings. The maximum Gasteiger partial charge on any atom is 0.315 e. The molecular weight excluding hydrogens is 194 g/mol. The molecule has 0 aliphatic carbocycles. The van der Waals surface area contributed by atoms with Gasteiger partial charge in [0.25, 0.3) is 0 Å². The second-order valence-electron chi connectivity index (χ2n) is 3.09. The van der Waals surface area contributed by atoms with Gasteiger partial charge in [0.1, 0.15) is 6.54 Å². The first-order chi connectivity index (χ1) is 7.31. The number of ether oxygens (including phenoxy) is 1. The summed E-state index contributed by atoms with van der Waals surface area (Å²) in [6, 6.07) is 1.53. The summed E-state index contributed by atoms with van der Waals surface area (Å²) in [5.74, 6) is 0. The van der Waals surface area contributed by atoms with Crippen molar-refractivity contribution >= 4 is 6.03 Å². The molecule has 2 N–H and O–H groups in total. The largest absolute Gasteiger partial charge is 0.381 e. The van der Waals surface area contributed by atoms with Crippen molar-refractivity contribution in [3.63, 3.8) is 0 Å². The maximum atomic E-state index is 10.9. The number of nitrogens with zero attached hydrogens (tertiary/aromatic N) is 1. The van der Waals surface area contributed by atoms with Crippen LogP contribution >= 0.6 is 0 Å². The minimum atomic E-state index is -0.301. The van der Waals surface area contributed by atoms with Gasteiger partial charge in [-0.3, -0.25) is 0 Å². The van der Waals surface area contributed by atoms with Crippen molar-refractivity contribution in [3.8, 4) is 6.07 Å². The number of hydrogen-bond donors (Lipinski definition) is 2. The third kappa shape index (κ3) is 10.6. The summed E-state index contributed by atoms with van der Waals surface area (Å²) in [6.45, 7) is 4.18. The maximum absolute atomic E-state index is 10.9. The van der Waals surface area contributed by atoms with Gasteiger partial charge in [-0.15, -0.1) is 0 Å². The molecule has 2 amide bonds. The van der Waals surface area contributed by atoms with Gasteiger partial charge < -0.3 is 15.4 Å². The number of nitriles is 1. The first-order valence-corrected chi connectivity index (χ1v) is 5.27. The summed E-state index contributed by atoms with van der Waals surface area (Å²) in [6.07, 6.45) is 3.01. The number of hydrogen-bond acceptors (Lipinski definition) is 3. The molecule has 0 bridgehead atoms. The summed E-state index contributed by atoms with van der Waals surface area (Å²) >= 11 is 0. The summed E-state index contributed by atoms with van der Waals surface area (Å²) in [4.78, 5) is 10.9. The number of unbranched alkanes of at least 4 members (excludes halogenated alkanes) is 1. The van der Waals surface area contributed by atoms with Gasteiger partial charge in [0.15, 0.2) is 0 Å². The van der Waals surface area contributed by atoms with E-state index in [1.54, 1.807) is 0 Å². The summed E-state index contributed by atoms with van der Waals surface area (Å²) < 4.78 is 5.31. The Balaban J connectivity index is 3.10. The van der Waals surface area contributed by atoms with Crippen LogP contribution in [0.15, 0.2) is 0 Å². The van der Waals surface area contributed by atoms with Gasteiger partial charge in [0.05, 0.1) is 6.07 Å². The van der Waals surface area contributed by atoms with Gasteiger partial charge in [0, 0.05) is 19.8 Å². The SMILES string of the molecule is CCCCOCCCNC(=O)NCC#N. The van der Waals surface area contributed by atoms with Crippen molar-refractivity contribution in [2.24, 2.45) is 0 Å². The van der Waals surface area contributed by atoms with Gasteiger partial charge in [-0.1, -0.05) is 13.3 Å². The summed E-state index contributed by atoms with van der Waals surface area (Å²) in [5, 5.41) is 13.2. The van der Waals surface area contributed by atoms with Crippen LogP contribution in [0.25, 0.3) is 0 Å². The average Bonchev–Trinajstić information content (AvgIpc) is 2.25. The van der Waals surface area contributed by atoms with Crippen LogP contribution in [0.5, 0.6) is 0 Å². The highest BCUT2D eigenvalue weighted by Crippen LogP contribution is 1.88. The first-order valence-electron chi connectivity index (χ1n) is 5.27. The molecule has 0 aromatic heterocycles. The van der Waals surface area contributed by atoms with Crippen molar-refractivity contribution in [2.75, 3.05) is 26.3 Å². The molecule has 5 heteroatoms. The average molecular weight is 213 g/mol. The summed E-state index contributed by atoms with van der Waals surface area (Å²) in [5.41, 5.74) is 0. The lowest BCUT2D eigenvalue weighted by molar-refractivity contribution is 0.129. The molecule has 0 rings (SSSR count). The highest BCUT2D eigenvalue weighted by atomic mass is 16.5. The quantitative estimate of drug-likeness (QED) is 0.467. The zero-order valence-electron chi connectivity index (χ0n) is 9.21. The van der Waals surface area contributed by atoms with Crippen molar-refractivity contribution < 1.29 is 9.53 Å². The monoisotopic (exact) mass is 213 g/mol. The number of rotatable bonds is 8. The molecule has 5 nitrogen and oxygen atoms in total. The van der Waals surface area contributed by atoms with E-state index < -0.39 is 0 Å². The van der Waals surface area contributed by atoms with Crippen molar-refractivity contribution in [3.05, 3.63) is 0 Å². The molecule has 0 radical (unpaired) electrons. The second-order valence-corrected chi connectivity index (χ2v) is 3.09. The van der Waals surface area contributed by atoms with Crippen LogP contribution in [-0.2, 0) is 4.74 Å². The predicted molar refractivity (Wildman–Crippen MR) is 57.4 cm³/mol. The molecule has 0 saturated carbocycles. The van der Waals surface area contributed by atoms with E-state index in [0.717, 1.165) is 25.9 Å². The van der Waals surface area contributed by atoms with Crippen LogP contribution in [0.2, 0.25) is 0 Å². The lowest BCUT2D eigenvalue weighted by atomic mass is 10.4. The fraction of sp³-hybridized carbons (Fsp3) is 0.800. The third-order valence-corrected chi connectivity index (χ3v) is 1.72. The molecule has 0 unspecified atom stereocenters. The standard InChI is InChI=1S/C10H19N3O2/c1-2-3-8-15-9-4-6-12-10(14)13-7-5-11/h2-4,6-9H2,1H3,(H2,12,13,14). The lowest BCUT2D eigenvalue weighted by Gasteiger charge is -2.05. The van der Waals surface area contributed by atoms with E-state index in [-0.39, 0.29) is 12.6 Å². The number of nitrogens with one attached hydrogen (secondary N) is 2. The molecule has 0 aliphatic heterocycles. The summed E-state index contributed by atoms with van der Waals surface area (Å²) in [7, 11) is 0. The number of amides is 2. The zero-order valence-corrected chi connectivity index (χ0v) is 9.21. The lowest BCUT2D eigenvalue weighted by Crippen LogP contribution is -2.36. The van der Waals surface area contributed by atoms with E-state index in [1.165, 1.54) is 0 Å². The Morgan fingerprint density at radius 3 is 2.73 bits per heavy atom. The second kappa shape index (κ2) is 10.8. The van der Waals surface area contributed by atoms with Crippen LogP contribution in [0, 0.1) is 11.3 Å². The number of carbonyl (C=O) groups is 1. The van der Waals surface area contributed by atoms with Crippen molar-refractivity contribution in [2.45, 2.75) is 26.2 Å². The van der Waals surface area contributed by atoms with Gasteiger partial charge in [-0.05, 0) is 12.8 Å². The normalized spacial score (nSPS) is 9.33. The fourth-order valence-corrected chi connectivity index (χ4v) is 0.907. The Morgan fingerprint density at radius 1 is 1.33 bits per heavy atom. The van der Waals surface area contributed by atoms with Crippen LogP contribution in [-0.4, -0.2) is 32.3 Å². The van der Waals surface area contributed by atoms with Crippen molar-refractivity contribution in [1.82, 2.24) is 10.6 Å². The molecule has 0 fully saturated rings. The van der Waals surface area contributed by atoms with E-state index in [9.17, 15) is 4.79 Å². The number of urea groups is 1. The molecule has 0 saturated heterocycles. The minimum Gasteiger partial charge on any atom is -0.381 e. The van der Waals surface area contributed by atoms with E-state index in [4.69, 9.17) is 10.00 Å². The Morgan fingerprint density at radius 2 is 2.07 bits per heavy atom. The Hall–Kier alpha value is -1.28. The van der Waals surface area contributed by atoms with Crippen LogP contribution in [0.4, 0.5) is 4.79 Å². The van der Waals surface area contributed by atoms with Crippen molar-refractivity contribution in [1.29, 1.82) is 5.26 Å². The Labute approximate surface area is 90.8 Å². The third-order valence-electron chi connectivity index (χ3n) is 1.72. The molecular formula is C10H19N3O2. The number of carbonyl (C=O) groups excluding carboxylic acids is 1. The van der Waals surface area contributed by atoms with Crippen LogP contribution < -0.4 is 10.6 Å². The highest BCUT2D eigenvalue weighted by Gasteiger charge is 1.96. The first kappa shape index (κ1) is 13.7. The van der Waals surface area contributed by atoms with Gasteiger partial charge in [-0.2, -0.15) is 5.26 Å². The minimum absolute atomic E-state index is 0.0405. The topological polar surface area (TPSA) is 74.2 Å². The molecule has 0 spiro atoms. The molecule has 15 heavy (non-hydrogen) atoms. The van der Waals surface area contributed by atoms with Gasteiger partial charge >= 0.3 is 6.03 Å². The zero-order chi connectivity index (χ0) is 11.4. The predicted octanol–water partition coefficient (Wildman–Crippen LogP) is 1.02. The highest BCUT2D eigenvalue weighted by molar-refractivity contribution is 5.73. The van der Waals surface area contributed by atoms with E-state index in [2.05, 4.69) is 17.6 Å². The molecule has 0 aliphatic rings. The molecule has 86 valence electrons. The van der Waals surface area contributed by atoms with Gasteiger partial charge in [-0.25, -0.2) is 4.79 Å². The van der Waals surface area contributed by atoms with E-state index >= 15 is 0 Å². The molecule has 0 heterocycles. The Bertz CT molecular complexity index is 201. The molecule has 0 atom stereocenters. The van der Waals surface area contributed by atoms with Crippen LogP contribution in [0.3, 0.4) is 0 Å².